The Morgan fingerprint density at radius 1 is 1.00 bits per heavy atom. The molecule has 5 fully saturated rings. The number of halogens is 3. The van der Waals surface area contributed by atoms with Gasteiger partial charge >= 0.3 is 12.1 Å². The van der Waals surface area contributed by atoms with Gasteiger partial charge in [-0.3, -0.25) is 4.90 Å². The fourth-order valence-electron chi connectivity index (χ4n) is 8.11. The molecule has 3 saturated heterocycles. The van der Waals surface area contributed by atoms with Gasteiger partial charge in [0.05, 0.1) is 18.0 Å². The van der Waals surface area contributed by atoms with Crippen LogP contribution in [0.2, 0.25) is 0 Å². The molecule has 0 bridgehead atoms. The number of piperidine rings is 2. The number of likely N-dealkylation sites (tertiary alicyclic amines) is 3. The Kier molecular flexibility index (Phi) is 6.90. The number of amides is 2. The summed E-state index contributed by atoms with van der Waals surface area (Å²) in [4.78, 5) is 22.5. The van der Waals surface area contributed by atoms with Crippen molar-refractivity contribution in [1.29, 1.82) is 0 Å². The van der Waals surface area contributed by atoms with E-state index in [1.54, 1.807) is 6.92 Å². The molecule has 2 N–H and O–H groups in total. The molecule has 0 spiro atoms. The van der Waals surface area contributed by atoms with Gasteiger partial charge in [-0.1, -0.05) is 31.3 Å². The average molecular weight is 539 g/mol. The number of alkyl halides is 3. The fraction of sp³-hybridized carbons (Fsp3) is 0.889. The molecule has 4 heterocycles. The van der Waals surface area contributed by atoms with E-state index in [0.29, 0.717) is 43.3 Å². The third-order valence-electron chi connectivity index (χ3n) is 10.2. The van der Waals surface area contributed by atoms with E-state index in [-0.39, 0.29) is 24.1 Å². The minimum atomic E-state index is -3.49. The van der Waals surface area contributed by atoms with Gasteiger partial charge in [0.1, 0.15) is 6.17 Å². The van der Waals surface area contributed by atoms with Crippen LogP contribution in [0.25, 0.3) is 0 Å². The molecule has 1 aromatic rings. The molecule has 2 amide bonds. The number of carbonyl (C=O) groups is 1. The van der Waals surface area contributed by atoms with E-state index in [4.69, 9.17) is 10.3 Å². The van der Waals surface area contributed by atoms with Crippen LogP contribution < -0.4 is 5.73 Å². The Bertz CT molecular complexity index is 1000. The van der Waals surface area contributed by atoms with Crippen molar-refractivity contribution in [2.45, 2.75) is 113 Å². The lowest BCUT2D eigenvalue weighted by atomic mass is 9.60. The normalized spacial score (nSPS) is 37.5. The summed E-state index contributed by atoms with van der Waals surface area (Å²) in [6.07, 6.45) is 6.94. The smallest absolute Gasteiger partial charge is 0.334 e. The summed E-state index contributed by atoms with van der Waals surface area (Å²) < 4.78 is 52.7. The van der Waals surface area contributed by atoms with Crippen LogP contribution in [0.3, 0.4) is 0 Å². The zero-order valence-corrected chi connectivity index (χ0v) is 22.3. The van der Waals surface area contributed by atoms with Crippen molar-refractivity contribution in [3.05, 3.63) is 11.7 Å². The Morgan fingerprint density at radius 2 is 1.66 bits per heavy atom. The molecule has 11 heteroatoms. The number of nitrogens with zero attached hydrogens (tertiary/aromatic N) is 5. The standard InChI is InChI=1S/C27H41F3N6O2/c1-26(24-32-23(38-33-24)19-15-20(19)28)16-21(35-13-9-18(10-14-35)34-11-5-6-12-34)36(25(31)37)27(29,30)22(26)17-7-3-2-4-8-17/h17-22H,2-16H2,1H3,(H2,31,37)/t19-,20+,21+,22?,26?/m1/s1. The van der Waals surface area contributed by atoms with Gasteiger partial charge in [-0.05, 0) is 70.4 Å². The SMILES string of the molecule is CC1(c2noc([C@@H]3C[C@@H]3F)n2)C[C@@H](N2CCC(N3CCCC3)CC2)N(C(N)=O)C(F)(F)C1C1CCCCC1. The van der Waals surface area contributed by atoms with Crippen LogP contribution in [0.1, 0.15) is 95.2 Å². The molecule has 8 nitrogen and oxygen atoms in total. The molecule has 2 unspecified atom stereocenters. The highest BCUT2D eigenvalue weighted by atomic mass is 19.3. The summed E-state index contributed by atoms with van der Waals surface area (Å²) in [5, 5.41) is 4.19. The van der Waals surface area contributed by atoms with E-state index < -0.39 is 41.7 Å². The minimum absolute atomic E-state index is 0.194. The van der Waals surface area contributed by atoms with Gasteiger partial charge in [0.2, 0.25) is 5.89 Å². The second kappa shape index (κ2) is 9.94. The van der Waals surface area contributed by atoms with Crippen molar-refractivity contribution < 1.29 is 22.5 Å². The molecule has 0 radical (unpaired) electrons. The second-order valence-electron chi connectivity index (χ2n) is 12.6. The van der Waals surface area contributed by atoms with Crippen LogP contribution in [0.15, 0.2) is 4.52 Å². The maximum atomic E-state index is 16.8. The Hall–Kier alpha value is -1.88. The third-order valence-corrected chi connectivity index (χ3v) is 10.2. The molecule has 6 rings (SSSR count). The average Bonchev–Trinajstić information content (AvgIpc) is 3.29. The summed E-state index contributed by atoms with van der Waals surface area (Å²) in [5.41, 5.74) is 4.58. The molecule has 5 aliphatic rings. The number of primary amides is 1. The summed E-state index contributed by atoms with van der Waals surface area (Å²) in [6, 6.07) is -4.12. The molecular formula is C27H41F3N6O2. The van der Waals surface area contributed by atoms with E-state index in [1.165, 1.54) is 12.8 Å². The van der Waals surface area contributed by atoms with Gasteiger partial charge in [-0.15, -0.1) is 0 Å². The molecule has 212 valence electrons. The Morgan fingerprint density at radius 3 is 2.26 bits per heavy atom. The Labute approximate surface area is 222 Å². The van der Waals surface area contributed by atoms with Gasteiger partial charge in [-0.25, -0.2) is 14.1 Å². The number of carbonyl (C=O) groups excluding carboxylic acids is 1. The van der Waals surface area contributed by atoms with Gasteiger partial charge in [-0.2, -0.15) is 13.8 Å². The van der Waals surface area contributed by atoms with Crippen molar-refractivity contribution in [3.63, 3.8) is 0 Å². The summed E-state index contributed by atoms with van der Waals surface area (Å²) in [5.74, 6) is -1.54. The molecule has 5 atom stereocenters. The molecule has 38 heavy (non-hydrogen) atoms. The van der Waals surface area contributed by atoms with Crippen LogP contribution in [0.5, 0.6) is 0 Å². The van der Waals surface area contributed by atoms with Crippen molar-refractivity contribution in [2.75, 3.05) is 26.2 Å². The maximum absolute atomic E-state index is 16.8. The lowest BCUT2D eigenvalue weighted by molar-refractivity contribution is -0.259. The molecule has 2 saturated carbocycles. The minimum Gasteiger partial charge on any atom is -0.351 e. The molecule has 0 aromatic carbocycles. The predicted octanol–water partition coefficient (Wildman–Crippen LogP) is 4.61. The van der Waals surface area contributed by atoms with Crippen LogP contribution in [0, 0.1) is 11.8 Å². The Balaban J connectivity index is 1.33. The van der Waals surface area contributed by atoms with E-state index >= 15 is 8.78 Å². The van der Waals surface area contributed by atoms with Crippen LogP contribution >= 0.6 is 0 Å². The monoisotopic (exact) mass is 538 g/mol. The first kappa shape index (κ1) is 26.3. The van der Waals surface area contributed by atoms with Crippen LogP contribution in [-0.4, -0.2) is 81.5 Å². The van der Waals surface area contributed by atoms with Gasteiger partial charge in [0.15, 0.2) is 5.82 Å². The summed E-state index contributed by atoms with van der Waals surface area (Å²) in [7, 11) is 0. The number of hydrogen-bond acceptors (Lipinski definition) is 6. The first-order valence-electron chi connectivity index (χ1n) is 14.6. The number of rotatable bonds is 5. The molecule has 1 aromatic heterocycles. The third kappa shape index (κ3) is 4.51. The molecule has 2 aliphatic carbocycles. The zero-order chi connectivity index (χ0) is 26.7. The molecular weight excluding hydrogens is 497 g/mol. The fourth-order valence-corrected chi connectivity index (χ4v) is 8.11. The number of urea groups is 1. The van der Waals surface area contributed by atoms with Gasteiger partial charge in [0.25, 0.3) is 0 Å². The van der Waals surface area contributed by atoms with Crippen molar-refractivity contribution in [1.82, 2.24) is 24.8 Å². The first-order chi connectivity index (χ1) is 18.2. The number of nitrogens with two attached hydrogens (primary N) is 1. The maximum Gasteiger partial charge on any atom is 0.334 e. The van der Waals surface area contributed by atoms with E-state index in [0.717, 1.165) is 45.2 Å². The van der Waals surface area contributed by atoms with Gasteiger partial charge < -0.3 is 15.2 Å². The van der Waals surface area contributed by atoms with E-state index in [1.807, 2.05) is 4.90 Å². The highest BCUT2D eigenvalue weighted by Gasteiger charge is 2.66. The van der Waals surface area contributed by atoms with Crippen LogP contribution in [-0.2, 0) is 5.41 Å². The van der Waals surface area contributed by atoms with Crippen molar-refractivity contribution in [3.8, 4) is 0 Å². The largest absolute Gasteiger partial charge is 0.351 e. The van der Waals surface area contributed by atoms with Gasteiger partial charge in [0, 0.05) is 24.5 Å². The summed E-state index contributed by atoms with van der Waals surface area (Å²) in [6.45, 7) is 5.25. The van der Waals surface area contributed by atoms with Crippen molar-refractivity contribution in [2.24, 2.45) is 17.6 Å². The van der Waals surface area contributed by atoms with E-state index in [2.05, 4.69) is 15.0 Å². The van der Waals surface area contributed by atoms with Crippen LogP contribution in [0.4, 0.5) is 18.0 Å². The lowest BCUT2D eigenvalue weighted by Crippen LogP contribution is -2.72. The highest BCUT2D eigenvalue weighted by Crippen LogP contribution is 2.57. The second-order valence-corrected chi connectivity index (χ2v) is 12.6. The number of hydrogen-bond donors (Lipinski definition) is 1. The zero-order valence-electron chi connectivity index (χ0n) is 22.3. The molecule has 3 aliphatic heterocycles. The predicted molar refractivity (Wildman–Crippen MR) is 134 cm³/mol. The summed E-state index contributed by atoms with van der Waals surface area (Å²) >= 11 is 0. The first-order valence-corrected chi connectivity index (χ1v) is 14.6. The lowest BCUT2D eigenvalue weighted by Gasteiger charge is -2.58. The van der Waals surface area contributed by atoms with Crippen molar-refractivity contribution >= 4 is 6.03 Å². The highest BCUT2D eigenvalue weighted by molar-refractivity contribution is 5.73. The topological polar surface area (TPSA) is 91.7 Å². The number of aromatic nitrogens is 2. The van der Waals surface area contributed by atoms with E-state index in [9.17, 15) is 9.18 Å². The quantitative estimate of drug-likeness (QED) is 0.551.